The molecule has 8 nitrogen and oxygen atoms in total. The van der Waals surface area contributed by atoms with Gasteiger partial charge in [-0.1, -0.05) is 11.3 Å². The summed E-state index contributed by atoms with van der Waals surface area (Å²) < 4.78 is 6.09. The van der Waals surface area contributed by atoms with Crippen molar-refractivity contribution in [3.05, 3.63) is 18.2 Å². The van der Waals surface area contributed by atoms with Crippen LogP contribution >= 0.6 is 23.1 Å². The molecule has 144 valence electrons. The highest BCUT2D eigenvalue weighted by atomic mass is 32.2. The smallest absolute Gasteiger partial charge is 0.236 e. The van der Waals surface area contributed by atoms with Crippen molar-refractivity contribution < 1.29 is 19.1 Å². The number of ether oxygens (including phenoxy) is 1. The number of anilines is 2. The number of hydrogen-bond acceptors (Lipinski definition) is 7. The van der Waals surface area contributed by atoms with Gasteiger partial charge in [-0.05, 0) is 18.2 Å². The van der Waals surface area contributed by atoms with Gasteiger partial charge in [0, 0.05) is 25.7 Å². The maximum Gasteiger partial charge on any atom is 0.236 e. The zero-order valence-corrected chi connectivity index (χ0v) is 16.5. The van der Waals surface area contributed by atoms with Crippen LogP contribution in [0.2, 0.25) is 0 Å². The number of carbonyl (C=O) groups excluding carboxylic acids is 3. The van der Waals surface area contributed by atoms with Crippen LogP contribution in [0.4, 0.5) is 10.8 Å². The van der Waals surface area contributed by atoms with Crippen LogP contribution in [-0.2, 0) is 19.1 Å². The van der Waals surface area contributed by atoms with Crippen LogP contribution in [0.25, 0.3) is 10.2 Å². The molecule has 0 bridgehead atoms. The van der Waals surface area contributed by atoms with Gasteiger partial charge in [-0.25, -0.2) is 4.98 Å². The Hall–Kier alpha value is -2.17. The van der Waals surface area contributed by atoms with Crippen molar-refractivity contribution in [2.45, 2.75) is 6.92 Å². The van der Waals surface area contributed by atoms with E-state index in [-0.39, 0.29) is 29.2 Å². The van der Waals surface area contributed by atoms with Crippen LogP contribution in [0.3, 0.4) is 0 Å². The number of thiazole rings is 1. The minimum absolute atomic E-state index is 0.0292. The van der Waals surface area contributed by atoms with Crippen molar-refractivity contribution in [2.75, 3.05) is 48.4 Å². The van der Waals surface area contributed by atoms with E-state index in [1.165, 1.54) is 30.0 Å². The van der Waals surface area contributed by atoms with E-state index in [9.17, 15) is 14.4 Å². The minimum atomic E-state index is -0.198. The quantitative estimate of drug-likeness (QED) is 0.756. The molecule has 1 aliphatic rings. The lowest BCUT2D eigenvalue weighted by Gasteiger charge is -2.26. The van der Waals surface area contributed by atoms with Crippen molar-refractivity contribution in [2.24, 2.45) is 0 Å². The molecule has 10 heteroatoms. The molecule has 0 saturated carbocycles. The fourth-order valence-corrected chi connectivity index (χ4v) is 4.19. The molecule has 27 heavy (non-hydrogen) atoms. The zero-order valence-electron chi connectivity index (χ0n) is 14.8. The van der Waals surface area contributed by atoms with Crippen LogP contribution in [0.5, 0.6) is 0 Å². The van der Waals surface area contributed by atoms with Crippen molar-refractivity contribution in [1.29, 1.82) is 0 Å². The third kappa shape index (κ3) is 5.65. The molecule has 0 aliphatic carbocycles. The molecule has 3 rings (SSSR count). The number of fused-ring (bicyclic) bond motifs is 1. The summed E-state index contributed by atoms with van der Waals surface area (Å²) in [5, 5.41) is 5.97. The van der Waals surface area contributed by atoms with E-state index in [4.69, 9.17) is 4.74 Å². The van der Waals surface area contributed by atoms with Gasteiger partial charge in [-0.2, -0.15) is 0 Å². The van der Waals surface area contributed by atoms with Gasteiger partial charge in [0.25, 0.3) is 0 Å². The second-order valence-corrected chi connectivity index (χ2v) is 7.93. The van der Waals surface area contributed by atoms with E-state index in [0.29, 0.717) is 37.1 Å². The van der Waals surface area contributed by atoms with Crippen molar-refractivity contribution >= 4 is 61.9 Å². The number of carbonyl (C=O) groups is 3. The number of morpholine rings is 1. The Kier molecular flexibility index (Phi) is 6.64. The SMILES string of the molecule is CC(=O)Nc1ccc2nc(NC(=O)CSCC(=O)N3CCOCC3)sc2c1. The average molecular weight is 409 g/mol. The highest BCUT2D eigenvalue weighted by Crippen LogP contribution is 2.28. The Morgan fingerprint density at radius 3 is 2.74 bits per heavy atom. The summed E-state index contributed by atoms with van der Waals surface area (Å²) in [4.78, 5) is 41.4. The zero-order chi connectivity index (χ0) is 19.2. The third-order valence-electron chi connectivity index (χ3n) is 3.78. The van der Waals surface area contributed by atoms with Gasteiger partial charge >= 0.3 is 0 Å². The van der Waals surface area contributed by atoms with E-state index < -0.39 is 0 Å². The van der Waals surface area contributed by atoms with E-state index in [2.05, 4.69) is 15.6 Å². The molecule has 2 aromatic rings. The van der Waals surface area contributed by atoms with E-state index in [1.54, 1.807) is 17.0 Å². The second-order valence-electron chi connectivity index (χ2n) is 5.92. The molecular weight excluding hydrogens is 388 g/mol. The van der Waals surface area contributed by atoms with E-state index in [0.717, 1.165) is 10.2 Å². The average Bonchev–Trinajstić information content (AvgIpc) is 3.03. The topological polar surface area (TPSA) is 101 Å². The third-order valence-corrected chi connectivity index (χ3v) is 5.63. The number of rotatable bonds is 6. The molecule has 3 amide bonds. The van der Waals surface area contributed by atoms with Crippen LogP contribution in [0.1, 0.15) is 6.92 Å². The van der Waals surface area contributed by atoms with Gasteiger partial charge in [0.2, 0.25) is 17.7 Å². The van der Waals surface area contributed by atoms with Crippen LogP contribution in [0, 0.1) is 0 Å². The summed E-state index contributed by atoms with van der Waals surface area (Å²) >= 11 is 2.62. The van der Waals surface area contributed by atoms with Crippen molar-refractivity contribution in [3.63, 3.8) is 0 Å². The Bertz CT molecular complexity index is 849. The molecule has 0 unspecified atom stereocenters. The number of benzene rings is 1. The lowest BCUT2D eigenvalue weighted by molar-refractivity contribution is -0.132. The first-order valence-electron chi connectivity index (χ1n) is 8.42. The fraction of sp³-hybridized carbons (Fsp3) is 0.412. The van der Waals surface area contributed by atoms with E-state index >= 15 is 0 Å². The molecule has 0 radical (unpaired) electrons. The second kappa shape index (κ2) is 9.16. The Labute approximate surface area is 164 Å². The molecule has 2 N–H and O–H groups in total. The highest BCUT2D eigenvalue weighted by Gasteiger charge is 2.17. The number of thioether (sulfide) groups is 1. The van der Waals surface area contributed by atoms with Gasteiger partial charge < -0.3 is 20.3 Å². The number of nitrogens with one attached hydrogen (secondary N) is 2. The summed E-state index contributed by atoms with van der Waals surface area (Å²) in [6.07, 6.45) is 0. The fourth-order valence-electron chi connectivity index (χ4n) is 2.55. The predicted octanol–water partition coefficient (Wildman–Crippen LogP) is 1.79. The highest BCUT2D eigenvalue weighted by molar-refractivity contribution is 8.00. The summed E-state index contributed by atoms with van der Waals surface area (Å²) in [6.45, 7) is 3.80. The first-order valence-corrected chi connectivity index (χ1v) is 10.4. The summed E-state index contributed by atoms with van der Waals surface area (Å²) in [5.74, 6) is 0.143. The number of nitrogens with zero attached hydrogens (tertiary/aromatic N) is 2. The largest absolute Gasteiger partial charge is 0.378 e. The predicted molar refractivity (Wildman–Crippen MR) is 107 cm³/mol. The normalized spacial score (nSPS) is 14.2. The minimum Gasteiger partial charge on any atom is -0.378 e. The van der Waals surface area contributed by atoms with Crippen LogP contribution in [0.15, 0.2) is 18.2 Å². The Morgan fingerprint density at radius 2 is 2.00 bits per heavy atom. The van der Waals surface area contributed by atoms with Gasteiger partial charge in [0.05, 0.1) is 34.9 Å². The van der Waals surface area contributed by atoms with Crippen molar-refractivity contribution in [1.82, 2.24) is 9.88 Å². The molecule has 1 aromatic heterocycles. The summed E-state index contributed by atoms with van der Waals surface area (Å²) in [7, 11) is 0. The molecule has 1 fully saturated rings. The van der Waals surface area contributed by atoms with Gasteiger partial charge in [0.1, 0.15) is 0 Å². The maximum atomic E-state index is 12.1. The van der Waals surface area contributed by atoms with Crippen molar-refractivity contribution in [3.8, 4) is 0 Å². The Balaban J connectivity index is 1.48. The first-order chi connectivity index (χ1) is 13.0. The molecule has 1 aromatic carbocycles. The summed E-state index contributed by atoms with van der Waals surface area (Å²) in [6, 6.07) is 5.38. The first kappa shape index (κ1) is 19.6. The standard InChI is InChI=1S/C17H20N4O4S2/c1-11(22)18-12-2-3-13-14(8-12)27-17(19-13)20-15(23)9-26-10-16(24)21-4-6-25-7-5-21/h2-3,8H,4-7,9-10H2,1H3,(H,18,22)(H,19,20,23). The van der Waals surface area contributed by atoms with Gasteiger partial charge in [-0.15, -0.1) is 11.8 Å². The lowest BCUT2D eigenvalue weighted by Crippen LogP contribution is -2.41. The number of hydrogen-bond donors (Lipinski definition) is 2. The number of aromatic nitrogens is 1. The Morgan fingerprint density at radius 1 is 1.22 bits per heavy atom. The molecule has 2 heterocycles. The maximum absolute atomic E-state index is 12.1. The summed E-state index contributed by atoms with van der Waals surface area (Å²) in [5.41, 5.74) is 1.44. The molecule has 1 saturated heterocycles. The lowest BCUT2D eigenvalue weighted by atomic mass is 10.3. The molecule has 0 spiro atoms. The molecule has 1 aliphatic heterocycles. The van der Waals surface area contributed by atoms with Gasteiger partial charge in [0.15, 0.2) is 5.13 Å². The van der Waals surface area contributed by atoms with Gasteiger partial charge in [-0.3, -0.25) is 14.4 Å². The molecular formula is C17H20N4O4S2. The molecule has 0 atom stereocenters. The van der Waals surface area contributed by atoms with Crippen LogP contribution < -0.4 is 10.6 Å². The van der Waals surface area contributed by atoms with Crippen LogP contribution in [-0.4, -0.2) is 65.4 Å². The number of amides is 3. The van der Waals surface area contributed by atoms with E-state index in [1.807, 2.05) is 6.07 Å². The monoisotopic (exact) mass is 408 g/mol.